The van der Waals surface area contributed by atoms with Gasteiger partial charge in [0.05, 0.1) is 0 Å². The Balaban J connectivity index is -0.000000140. The third-order valence-electron chi connectivity index (χ3n) is 0. The molecular weight excluding hydrogens is 192 g/mol. The van der Waals surface area contributed by atoms with Crippen LogP contribution in [0, 0.1) is 0 Å². The summed E-state index contributed by atoms with van der Waals surface area (Å²) < 4.78 is 59.2. The third-order valence-corrected chi connectivity index (χ3v) is 0. The van der Waals surface area contributed by atoms with E-state index in [0.29, 0.717) is 0 Å². The van der Waals surface area contributed by atoms with Crippen LogP contribution < -0.4 is 18.9 Å². The molecule has 68 valence electrons. The van der Waals surface area contributed by atoms with Gasteiger partial charge >= 0.3 is 51.9 Å². The van der Waals surface area contributed by atoms with Gasteiger partial charge in [-0.1, -0.05) is 0 Å². The second-order valence-corrected chi connectivity index (χ2v) is 3.19. The van der Waals surface area contributed by atoms with Crippen LogP contribution in [0.1, 0.15) is 6.92 Å². The van der Waals surface area contributed by atoms with Gasteiger partial charge in [-0.05, 0) is 6.92 Å². The van der Waals surface area contributed by atoms with Gasteiger partial charge in [0.25, 0.3) is 0 Å². The number of rotatable bonds is 0. The van der Waals surface area contributed by atoms with Crippen molar-refractivity contribution in [1.29, 1.82) is 0 Å². The molecule has 0 saturated heterocycles. The van der Waals surface area contributed by atoms with Gasteiger partial charge in [0.2, 0.25) is 0 Å². The first-order chi connectivity index (χ1) is 3.86. The second-order valence-electron chi connectivity index (χ2n) is 1.27. The van der Waals surface area contributed by atoms with Crippen LogP contribution >= 0.6 is 7.81 Å². The zero-order valence-electron chi connectivity index (χ0n) is 5.87. The molecule has 0 radical (unpaired) electrons. The van der Waals surface area contributed by atoms with Gasteiger partial charge < -0.3 is 5.11 Å². The van der Waals surface area contributed by atoms with E-state index in [-0.39, 0.29) is 25.5 Å². The molecule has 0 spiro atoms. The Kier molecular flexibility index (Phi) is 5.64. The summed E-state index contributed by atoms with van der Waals surface area (Å²) in [7, 11) is -10.7. The van der Waals surface area contributed by atoms with Crippen LogP contribution in [0.5, 0.6) is 0 Å². The van der Waals surface area contributed by atoms with Crippen LogP contribution in [-0.2, 0) is 0 Å². The second kappa shape index (κ2) is 3.52. The fraction of sp³-hybridized carbons (Fsp3) is 1.00. The van der Waals surface area contributed by atoms with Crippen molar-refractivity contribution in [2.75, 3.05) is 6.61 Å². The maximum atomic E-state index is 9.87. The van der Waals surface area contributed by atoms with E-state index in [0.717, 1.165) is 0 Å². The first kappa shape index (κ1) is 17.6. The summed E-state index contributed by atoms with van der Waals surface area (Å²) in [6.45, 7) is 1.93. The van der Waals surface area contributed by atoms with Crippen molar-refractivity contribution in [3.05, 3.63) is 0 Å². The Morgan fingerprint density at radius 1 is 1.00 bits per heavy atom. The molecule has 9 heteroatoms. The van der Waals surface area contributed by atoms with Gasteiger partial charge in [-0.3, -0.25) is 0 Å². The van der Waals surface area contributed by atoms with Gasteiger partial charge in [-0.25, -0.2) is 0 Å². The molecule has 0 aliphatic rings. The third kappa shape index (κ3) is 2410. The van der Waals surface area contributed by atoms with Crippen molar-refractivity contribution >= 4 is 7.81 Å². The molecule has 0 fully saturated rings. The van der Waals surface area contributed by atoms with Crippen LogP contribution in [0.15, 0.2) is 0 Å². The average molecular weight is 198 g/mol. The Hall–Kier alpha value is 0.567. The molecule has 1 nitrogen and oxygen atoms in total. The molecule has 1 N–H and O–H groups in total. The molecule has 0 unspecified atom stereocenters. The van der Waals surface area contributed by atoms with E-state index < -0.39 is 7.81 Å². The quantitative estimate of drug-likeness (QED) is 0.339. The van der Waals surface area contributed by atoms with Crippen LogP contribution in [0.25, 0.3) is 0 Å². The minimum absolute atomic E-state index is 0. The van der Waals surface area contributed by atoms with E-state index in [1.54, 1.807) is 6.92 Å². The SMILES string of the molecule is CCO.F[P-](F)(F)(F)(F)F.[Li+]. The van der Waals surface area contributed by atoms with Gasteiger partial charge in [0, 0.05) is 6.61 Å². The van der Waals surface area contributed by atoms with Crippen LogP contribution in [0.3, 0.4) is 0 Å². The zero-order valence-corrected chi connectivity index (χ0v) is 6.76. The van der Waals surface area contributed by atoms with Crippen LogP contribution in [0.2, 0.25) is 0 Å². The molecule has 0 rings (SSSR count). The summed E-state index contributed by atoms with van der Waals surface area (Å²) in [6, 6.07) is 0. The van der Waals surface area contributed by atoms with Crippen molar-refractivity contribution in [1.82, 2.24) is 0 Å². The summed E-state index contributed by atoms with van der Waals surface area (Å²) in [5.74, 6) is 0. The van der Waals surface area contributed by atoms with Crippen LogP contribution in [-0.4, -0.2) is 11.7 Å². The predicted octanol–water partition coefficient (Wildman–Crippen LogP) is 0.385. The molecule has 0 aromatic carbocycles. The van der Waals surface area contributed by atoms with Crippen molar-refractivity contribution in [3.63, 3.8) is 0 Å². The minimum Gasteiger partial charge on any atom is 1.00 e. The van der Waals surface area contributed by atoms with E-state index in [1.165, 1.54) is 0 Å². The molecule has 11 heavy (non-hydrogen) atoms. The fourth-order valence-corrected chi connectivity index (χ4v) is 0. The zero-order chi connectivity index (χ0) is 9.12. The Labute approximate surface area is 71.2 Å². The summed E-state index contributed by atoms with van der Waals surface area (Å²) in [5, 5.41) is 7.57. The monoisotopic (exact) mass is 198 g/mol. The maximum absolute atomic E-state index is 10.7. The molecular formula is C2H6F6LiOP. The van der Waals surface area contributed by atoms with Crippen LogP contribution in [0.4, 0.5) is 25.2 Å². The number of hydrogen-bond donors (Lipinski definition) is 1. The molecule has 0 saturated carbocycles. The van der Waals surface area contributed by atoms with Gasteiger partial charge in [0.1, 0.15) is 0 Å². The number of aliphatic hydroxyl groups is 1. The van der Waals surface area contributed by atoms with Gasteiger partial charge in [-0.2, -0.15) is 0 Å². The first-order valence-corrected chi connectivity index (χ1v) is 4.07. The topological polar surface area (TPSA) is 20.2 Å². The number of aliphatic hydroxyl groups excluding tert-OH is 1. The smallest absolute Gasteiger partial charge is 1.00 e. The molecule has 0 heterocycles. The predicted molar refractivity (Wildman–Crippen MR) is 26.3 cm³/mol. The molecule has 0 aliphatic carbocycles. The van der Waals surface area contributed by atoms with E-state index in [9.17, 15) is 25.2 Å². The standard InChI is InChI=1S/C2H6O.F6P.Li/c1-2-3;1-7(2,3,4,5)6;/h3H,2H2,1H3;;/q;-1;+1. The van der Waals surface area contributed by atoms with Crippen molar-refractivity contribution in [3.8, 4) is 0 Å². The normalized spacial score (nSPS) is 16.4. The summed E-state index contributed by atoms with van der Waals surface area (Å²) in [4.78, 5) is 0. The van der Waals surface area contributed by atoms with E-state index >= 15 is 0 Å². The van der Waals surface area contributed by atoms with Crippen molar-refractivity contribution in [2.45, 2.75) is 6.92 Å². The largest absolute Gasteiger partial charge is 1.00 e. The summed E-state index contributed by atoms with van der Waals surface area (Å²) in [5.41, 5.74) is 0. The van der Waals surface area contributed by atoms with E-state index in [4.69, 9.17) is 5.11 Å². The Morgan fingerprint density at radius 2 is 1.00 bits per heavy atom. The summed E-state index contributed by atoms with van der Waals surface area (Å²) in [6.07, 6.45) is 0. The molecule has 0 amide bonds. The van der Waals surface area contributed by atoms with Gasteiger partial charge in [0.15, 0.2) is 0 Å². The molecule has 0 bridgehead atoms. The molecule has 0 aromatic heterocycles. The molecule has 0 atom stereocenters. The molecule has 0 aromatic rings. The van der Waals surface area contributed by atoms with Crippen molar-refractivity contribution < 1.29 is 49.1 Å². The molecule has 0 aliphatic heterocycles. The van der Waals surface area contributed by atoms with Gasteiger partial charge in [-0.15, -0.1) is 0 Å². The average Bonchev–Trinajstić information content (AvgIpc) is 1.20. The fourth-order valence-electron chi connectivity index (χ4n) is 0. The first-order valence-electron chi connectivity index (χ1n) is 2.04. The Morgan fingerprint density at radius 3 is 1.00 bits per heavy atom. The maximum Gasteiger partial charge on any atom is 1.00 e. The number of halogens is 6. The van der Waals surface area contributed by atoms with E-state index in [2.05, 4.69) is 0 Å². The Bertz CT molecular complexity index is 89.9. The summed E-state index contributed by atoms with van der Waals surface area (Å²) >= 11 is 0. The van der Waals surface area contributed by atoms with E-state index in [1.807, 2.05) is 0 Å². The number of hydrogen-bond acceptors (Lipinski definition) is 1. The van der Waals surface area contributed by atoms with Crippen molar-refractivity contribution in [2.24, 2.45) is 0 Å². The minimum atomic E-state index is -10.7.